The summed E-state index contributed by atoms with van der Waals surface area (Å²) >= 11 is 0. The summed E-state index contributed by atoms with van der Waals surface area (Å²) in [5.74, 6) is 0.433. The first-order valence-electron chi connectivity index (χ1n) is 7.96. The highest BCUT2D eigenvalue weighted by Gasteiger charge is 2.23. The number of hydrogen-bond acceptors (Lipinski definition) is 4. The molecular formula is C17H28N2O2. The second kappa shape index (κ2) is 8.49. The number of aliphatic hydroxyl groups excluding tert-OH is 1. The second-order valence-corrected chi connectivity index (χ2v) is 6.01. The maximum absolute atomic E-state index is 8.79. The molecule has 1 aliphatic rings. The topological polar surface area (TPSA) is 58.7 Å². The number of piperidine rings is 1. The molecule has 1 aromatic carbocycles. The van der Waals surface area contributed by atoms with Crippen LogP contribution in [0.3, 0.4) is 0 Å². The lowest BCUT2D eigenvalue weighted by Gasteiger charge is -2.34. The number of ether oxygens (including phenoxy) is 1. The second-order valence-electron chi connectivity index (χ2n) is 6.01. The molecule has 4 heteroatoms. The van der Waals surface area contributed by atoms with Gasteiger partial charge in [-0.2, -0.15) is 0 Å². The number of rotatable bonds is 7. The maximum atomic E-state index is 8.79. The molecule has 1 heterocycles. The van der Waals surface area contributed by atoms with Gasteiger partial charge in [-0.05, 0) is 24.3 Å². The minimum Gasteiger partial charge on any atom is -0.394 e. The van der Waals surface area contributed by atoms with Crippen LogP contribution in [-0.2, 0) is 4.74 Å². The summed E-state index contributed by atoms with van der Waals surface area (Å²) in [5, 5.41) is 8.79. The van der Waals surface area contributed by atoms with E-state index in [-0.39, 0.29) is 12.6 Å². The molecule has 2 rings (SSSR count). The third-order valence-electron chi connectivity index (χ3n) is 4.32. The number of nitrogens with zero attached hydrogens (tertiary/aromatic N) is 1. The molecule has 1 aliphatic heterocycles. The Morgan fingerprint density at radius 2 is 1.95 bits per heavy atom. The minimum atomic E-state index is 0.0922. The predicted molar refractivity (Wildman–Crippen MR) is 85.0 cm³/mol. The van der Waals surface area contributed by atoms with Gasteiger partial charge in [-0.15, -0.1) is 0 Å². The summed E-state index contributed by atoms with van der Waals surface area (Å²) in [6.07, 6.45) is 2.41. The van der Waals surface area contributed by atoms with Gasteiger partial charge < -0.3 is 20.5 Å². The van der Waals surface area contributed by atoms with Crippen LogP contribution in [0.25, 0.3) is 0 Å². The van der Waals surface area contributed by atoms with Gasteiger partial charge in [-0.1, -0.05) is 37.3 Å². The van der Waals surface area contributed by atoms with Crippen LogP contribution in [0.15, 0.2) is 30.3 Å². The van der Waals surface area contributed by atoms with Gasteiger partial charge in [0.05, 0.1) is 19.3 Å². The first kappa shape index (κ1) is 16.4. The van der Waals surface area contributed by atoms with Gasteiger partial charge in [0.2, 0.25) is 0 Å². The summed E-state index contributed by atoms with van der Waals surface area (Å²) in [6.45, 7) is 5.95. The van der Waals surface area contributed by atoms with Crippen LogP contribution < -0.4 is 5.73 Å². The largest absolute Gasteiger partial charge is 0.394 e. The molecule has 1 fully saturated rings. The molecule has 2 atom stereocenters. The van der Waals surface area contributed by atoms with Crippen molar-refractivity contribution < 1.29 is 9.84 Å². The molecule has 0 spiro atoms. The van der Waals surface area contributed by atoms with Crippen LogP contribution >= 0.6 is 0 Å². The number of aliphatic hydroxyl groups is 1. The zero-order valence-corrected chi connectivity index (χ0v) is 12.9. The lowest BCUT2D eigenvalue weighted by atomic mass is 9.94. The van der Waals surface area contributed by atoms with E-state index in [9.17, 15) is 0 Å². The highest BCUT2D eigenvalue weighted by molar-refractivity contribution is 5.19. The lowest BCUT2D eigenvalue weighted by molar-refractivity contribution is -0.0101. The SMILES string of the molecule is CC(CN1CCC(OCCO)CC1)C(N)c1ccccc1. The van der Waals surface area contributed by atoms with E-state index >= 15 is 0 Å². The zero-order valence-electron chi connectivity index (χ0n) is 12.9. The van der Waals surface area contributed by atoms with E-state index in [1.165, 1.54) is 5.56 Å². The predicted octanol–water partition coefficient (Wildman–Crippen LogP) is 1.80. The summed E-state index contributed by atoms with van der Waals surface area (Å²) in [4.78, 5) is 2.48. The number of nitrogens with two attached hydrogens (primary N) is 1. The average molecular weight is 292 g/mol. The van der Waals surface area contributed by atoms with Gasteiger partial charge in [-0.3, -0.25) is 0 Å². The van der Waals surface area contributed by atoms with Crippen molar-refractivity contribution in [2.75, 3.05) is 32.8 Å². The van der Waals surface area contributed by atoms with E-state index in [1.807, 2.05) is 18.2 Å². The quantitative estimate of drug-likeness (QED) is 0.804. The molecule has 0 bridgehead atoms. The Morgan fingerprint density at radius 3 is 2.57 bits per heavy atom. The molecule has 0 aliphatic carbocycles. The van der Waals surface area contributed by atoms with E-state index in [2.05, 4.69) is 24.0 Å². The Bertz CT molecular complexity index is 391. The van der Waals surface area contributed by atoms with Gasteiger partial charge in [0, 0.05) is 25.7 Å². The molecule has 2 unspecified atom stereocenters. The van der Waals surface area contributed by atoms with Gasteiger partial charge in [0.1, 0.15) is 0 Å². The van der Waals surface area contributed by atoms with Crippen LogP contribution in [0.2, 0.25) is 0 Å². The number of benzene rings is 1. The Kier molecular flexibility index (Phi) is 6.64. The van der Waals surface area contributed by atoms with Gasteiger partial charge >= 0.3 is 0 Å². The Balaban J connectivity index is 1.75. The fourth-order valence-electron chi connectivity index (χ4n) is 3.00. The van der Waals surface area contributed by atoms with Crippen molar-refractivity contribution in [3.63, 3.8) is 0 Å². The maximum Gasteiger partial charge on any atom is 0.0701 e. The number of likely N-dealkylation sites (tertiary alicyclic amines) is 1. The highest BCUT2D eigenvalue weighted by atomic mass is 16.5. The zero-order chi connectivity index (χ0) is 15.1. The molecule has 1 aromatic rings. The molecule has 3 N–H and O–H groups in total. The molecule has 0 amide bonds. The third-order valence-corrected chi connectivity index (χ3v) is 4.32. The summed E-state index contributed by atoms with van der Waals surface area (Å²) in [7, 11) is 0. The first-order chi connectivity index (χ1) is 10.2. The first-order valence-corrected chi connectivity index (χ1v) is 7.96. The molecule has 0 aromatic heterocycles. The monoisotopic (exact) mass is 292 g/mol. The molecule has 21 heavy (non-hydrogen) atoms. The fraction of sp³-hybridized carbons (Fsp3) is 0.647. The summed E-state index contributed by atoms with van der Waals surface area (Å²) < 4.78 is 5.60. The van der Waals surface area contributed by atoms with Crippen LogP contribution in [0.4, 0.5) is 0 Å². The van der Waals surface area contributed by atoms with Crippen molar-refractivity contribution in [1.29, 1.82) is 0 Å². The van der Waals surface area contributed by atoms with Crippen molar-refractivity contribution in [2.45, 2.75) is 31.9 Å². The van der Waals surface area contributed by atoms with Crippen molar-refractivity contribution >= 4 is 0 Å². The Morgan fingerprint density at radius 1 is 1.29 bits per heavy atom. The van der Waals surface area contributed by atoms with Crippen molar-refractivity contribution in [3.8, 4) is 0 Å². The Labute approximate surface area is 127 Å². The molecule has 0 radical (unpaired) electrons. The van der Waals surface area contributed by atoms with E-state index in [4.69, 9.17) is 15.6 Å². The van der Waals surface area contributed by atoms with Crippen molar-refractivity contribution in [2.24, 2.45) is 11.7 Å². The van der Waals surface area contributed by atoms with Crippen LogP contribution in [-0.4, -0.2) is 49.0 Å². The average Bonchev–Trinajstić information content (AvgIpc) is 2.54. The van der Waals surface area contributed by atoms with E-state index in [1.54, 1.807) is 0 Å². The molecule has 0 saturated carbocycles. The van der Waals surface area contributed by atoms with E-state index in [0.717, 1.165) is 32.5 Å². The van der Waals surface area contributed by atoms with E-state index < -0.39 is 0 Å². The number of hydrogen-bond donors (Lipinski definition) is 2. The van der Waals surface area contributed by atoms with E-state index in [0.29, 0.717) is 18.6 Å². The standard InChI is InChI=1S/C17H28N2O2/c1-14(17(18)15-5-3-2-4-6-15)13-19-9-7-16(8-10-19)21-12-11-20/h2-6,14,16-17,20H,7-13,18H2,1H3. The molecule has 4 nitrogen and oxygen atoms in total. The summed E-state index contributed by atoms with van der Waals surface area (Å²) in [6, 6.07) is 10.4. The van der Waals surface area contributed by atoms with Gasteiger partial charge in [0.25, 0.3) is 0 Å². The molecular weight excluding hydrogens is 264 g/mol. The normalized spacial score (nSPS) is 20.3. The Hall–Kier alpha value is -0.940. The third kappa shape index (κ3) is 5.08. The minimum absolute atomic E-state index is 0.0922. The van der Waals surface area contributed by atoms with Gasteiger partial charge in [-0.25, -0.2) is 0 Å². The highest BCUT2D eigenvalue weighted by Crippen LogP contribution is 2.22. The molecule has 118 valence electrons. The van der Waals surface area contributed by atoms with Crippen molar-refractivity contribution in [1.82, 2.24) is 4.90 Å². The molecule has 1 saturated heterocycles. The smallest absolute Gasteiger partial charge is 0.0701 e. The van der Waals surface area contributed by atoms with Crippen LogP contribution in [0, 0.1) is 5.92 Å². The van der Waals surface area contributed by atoms with Crippen molar-refractivity contribution in [3.05, 3.63) is 35.9 Å². The van der Waals surface area contributed by atoms with Gasteiger partial charge in [0.15, 0.2) is 0 Å². The van der Waals surface area contributed by atoms with Crippen LogP contribution in [0.5, 0.6) is 0 Å². The fourth-order valence-corrected chi connectivity index (χ4v) is 3.00. The summed E-state index contributed by atoms with van der Waals surface area (Å²) in [5.41, 5.74) is 7.58. The lowest BCUT2D eigenvalue weighted by Crippen LogP contribution is -2.41. The van der Waals surface area contributed by atoms with Crippen LogP contribution in [0.1, 0.15) is 31.4 Å².